The molecular weight excluding hydrogens is 532 g/mol. The Morgan fingerprint density at radius 3 is 2.37 bits per heavy atom. The molecule has 12 nitrogen and oxygen atoms in total. The van der Waals surface area contributed by atoms with E-state index in [0.717, 1.165) is 5.56 Å². The highest BCUT2D eigenvalue weighted by Crippen LogP contribution is 2.21. The standard InChI is InChI=1S/C29H36N4O8/c1-17-20(15-41-28(38)29(2,3)4)23-24(31-17)30-16-33(26(23)36)14-13-18-7-9-19(10-8-18)25(35)32-21(27(37)40-6)11-12-22(34)39-5/h7-10,16,21,31H,11-15H2,1-6H3,(H,32,35)/t21-/m0/s1. The fraction of sp³-hybridized carbons (Fsp3) is 0.448. The lowest BCUT2D eigenvalue weighted by Crippen LogP contribution is -2.41. The number of methoxy groups -OCH3 is 2. The first-order valence-corrected chi connectivity index (χ1v) is 13.1. The van der Waals surface area contributed by atoms with E-state index in [1.54, 1.807) is 52.0 Å². The second-order valence-electron chi connectivity index (χ2n) is 10.6. The van der Waals surface area contributed by atoms with Gasteiger partial charge in [-0.15, -0.1) is 0 Å². The highest BCUT2D eigenvalue weighted by atomic mass is 16.5. The molecule has 1 amide bonds. The molecule has 0 aliphatic rings. The first kappa shape index (κ1) is 31.1. The monoisotopic (exact) mass is 568 g/mol. The van der Waals surface area contributed by atoms with Crippen molar-refractivity contribution in [2.75, 3.05) is 14.2 Å². The maximum absolute atomic E-state index is 13.3. The number of ether oxygens (including phenoxy) is 3. The van der Waals surface area contributed by atoms with Gasteiger partial charge < -0.3 is 24.5 Å². The van der Waals surface area contributed by atoms with E-state index < -0.39 is 29.3 Å². The number of rotatable bonds is 11. The summed E-state index contributed by atoms with van der Waals surface area (Å²) in [5.74, 6) is -2.03. The zero-order valence-electron chi connectivity index (χ0n) is 24.2. The van der Waals surface area contributed by atoms with E-state index in [-0.39, 0.29) is 31.0 Å². The minimum Gasteiger partial charge on any atom is -0.469 e. The minimum absolute atomic E-state index is 0.0358. The van der Waals surface area contributed by atoms with Crippen molar-refractivity contribution in [3.8, 4) is 0 Å². The Morgan fingerprint density at radius 1 is 1.07 bits per heavy atom. The summed E-state index contributed by atoms with van der Waals surface area (Å²) in [6.07, 6.45) is 1.93. The molecule has 3 aromatic rings. The third-order valence-electron chi connectivity index (χ3n) is 6.57. The van der Waals surface area contributed by atoms with Crippen molar-refractivity contribution in [1.82, 2.24) is 19.9 Å². The molecule has 0 spiro atoms. The van der Waals surface area contributed by atoms with Gasteiger partial charge in [0.25, 0.3) is 11.5 Å². The van der Waals surface area contributed by atoms with Gasteiger partial charge in [0.1, 0.15) is 18.3 Å². The number of nitrogens with one attached hydrogen (secondary N) is 2. The Kier molecular flexibility index (Phi) is 10.0. The normalized spacial score (nSPS) is 12.0. The maximum atomic E-state index is 13.3. The van der Waals surface area contributed by atoms with Gasteiger partial charge in [-0.2, -0.15) is 0 Å². The van der Waals surface area contributed by atoms with Crippen LogP contribution in [0.25, 0.3) is 11.0 Å². The van der Waals surface area contributed by atoms with Crippen molar-refractivity contribution in [3.63, 3.8) is 0 Å². The Bertz CT molecular complexity index is 1480. The molecule has 0 aliphatic carbocycles. The van der Waals surface area contributed by atoms with Gasteiger partial charge in [-0.1, -0.05) is 12.1 Å². The van der Waals surface area contributed by atoms with Crippen LogP contribution in [0.2, 0.25) is 0 Å². The molecule has 0 bridgehead atoms. The van der Waals surface area contributed by atoms with E-state index in [9.17, 15) is 24.0 Å². The Morgan fingerprint density at radius 2 is 1.76 bits per heavy atom. The maximum Gasteiger partial charge on any atom is 0.328 e. The fourth-order valence-corrected chi connectivity index (χ4v) is 4.06. The predicted molar refractivity (Wildman–Crippen MR) is 149 cm³/mol. The summed E-state index contributed by atoms with van der Waals surface area (Å²) >= 11 is 0. The molecule has 1 aromatic carbocycles. The molecule has 1 atom stereocenters. The molecule has 0 radical (unpaired) electrons. The Labute approximate surface area is 237 Å². The Hall–Kier alpha value is -4.48. The largest absolute Gasteiger partial charge is 0.469 e. The summed E-state index contributed by atoms with van der Waals surface area (Å²) in [5.41, 5.74) is 2.00. The van der Waals surface area contributed by atoms with Crippen LogP contribution < -0.4 is 10.9 Å². The summed E-state index contributed by atoms with van der Waals surface area (Å²) < 4.78 is 16.3. The van der Waals surface area contributed by atoms with Crippen LogP contribution in [0.5, 0.6) is 0 Å². The van der Waals surface area contributed by atoms with Gasteiger partial charge >= 0.3 is 17.9 Å². The molecule has 2 N–H and O–H groups in total. The van der Waals surface area contributed by atoms with E-state index in [4.69, 9.17) is 9.47 Å². The zero-order chi connectivity index (χ0) is 30.3. The molecule has 2 heterocycles. The SMILES string of the molecule is COC(=O)CC[C@H](NC(=O)c1ccc(CCn2cnc3[nH]c(C)c(COC(=O)C(C)(C)C)c3c2=O)cc1)C(=O)OC. The molecule has 0 fully saturated rings. The van der Waals surface area contributed by atoms with Crippen LogP contribution in [-0.4, -0.2) is 58.6 Å². The number of benzene rings is 1. The number of amides is 1. The van der Waals surface area contributed by atoms with E-state index in [2.05, 4.69) is 20.0 Å². The molecule has 12 heteroatoms. The molecule has 0 saturated carbocycles. The summed E-state index contributed by atoms with van der Waals surface area (Å²) in [5, 5.41) is 2.97. The number of hydrogen-bond acceptors (Lipinski definition) is 9. The van der Waals surface area contributed by atoms with Crippen LogP contribution in [0.4, 0.5) is 0 Å². The number of H-pyrrole nitrogens is 1. The molecule has 0 unspecified atom stereocenters. The van der Waals surface area contributed by atoms with Crippen molar-refractivity contribution in [2.24, 2.45) is 5.41 Å². The van der Waals surface area contributed by atoms with E-state index in [0.29, 0.717) is 40.8 Å². The number of fused-ring (bicyclic) bond motifs is 1. The molecule has 0 saturated heterocycles. The second-order valence-corrected chi connectivity index (χ2v) is 10.6. The molecule has 0 aliphatic heterocycles. The van der Waals surface area contributed by atoms with Crippen LogP contribution in [0.3, 0.4) is 0 Å². The van der Waals surface area contributed by atoms with Crippen molar-refractivity contribution in [3.05, 3.63) is 63.3 Å². The minimum atomic E-state index is -1.00. The third-order valence-corrected chi connectivity index (χ3v) is 6.57. The number of esters is 3. The number of hydrogen-bond donors (Lipinski definition) is 2. The third kappa shape index (κ3) is 7.80. The number of nitrogens with zero attached hydrogens (tertiary/aromatic N) is 2. The highest BCUT2D eigenvalue weighted by Gasteiger charge is 2.25. The van der Waals surface area contributed by atoms with Gasteiger partial charge in [-0.25, -0.2) is 9.78 Å². The number of aromatic amines is 1. The number of carbonyl (C=O) groups is 4. The van der Waals surface area contributed by atoms with Crippen LogP contribution in [0.1, 0.15) is 60.8 Å². The van der Waals surface area contributed by atoms with Gasteiger partial charge in [-0.05, 0) is 58.2 Å². The quantitative estimate of drug-likeness (QED) is 0.262. The Balaban J connectivity index is 1.68. The van der Waals surface area contributed by atoms with E-state index in [1.807, 2.05) is 0 Å². The zero-order valence-corrected chi connectivity index (χ0v) is 24.2. The molecular formula is C29H36N4O8. The number of aryl methyl sites for hydroxylation is 3. The number of carbonyl (C=O) groups excluding carboxylic acids is 4. The van der Waals surface area contributed by atoms with Crippen molar-refractivity contribution >= 4 is 34.8 Å². The molecule has 220 valence electrons. The van der Waals surface area contributed by atoms with Crippen molar-refractivity contribution in [1.29, 1.82) is 0 Å². The molecule has 3 rings (SSSR count). The molecule has 2 aromatic heterocycles. The fourth-order valence-electron chi connectivity index (χ4n) is 4.06. The summed E-state index contributed by atoms with van der Waals surface area (Å²) in [6.45, 7) is 7.38. The van der Waals surface area contributed by atoms with Crippen LogP contribution in [-0.2, 0) is 48.2 Å². The van der Waals surface area contributed by atoms with Crippen LogP contribution >= 0.6 is 0 Å². The van der Waals surface area contributed by atoms with Gasteiger partial charge in [0, 0.05) is 29.8 Å². The van der Waals surface area contributed by atoms with Crippen molar-refractivity contribution < 1.29 is 33.4 Å². The van der Waals surface area contributed by atoms with E-state index >= 15 is 0 Å². The lowest BCUT2D eigenvalue weighted by Gasteiger charge is -2.16. The van der Waals surface area contributed by atoms with Crippen molar-refractivity contribution in [2.45, 2.75) is 66.2 Å². The smallest absolute Gasteiger partial charge is 0.328 e. The predicted octanol–water partition coefficient (Wildman–Crippen LogP) is 2.59. The first-order chi connectivity index (χ1) is 19.3. The lowest BCUT2D eigenvalue weighted by atomic mass is 9.97. The van der Waals surface area contributed by atoms with Gasteiger partial charge in [0.05, 0.1) is 31.3 Å². The summed E-state index contributed by atoms with van der Waals surface area (Å²) in [7, 11) is 2.44. The topological polar surface area (TPSA) is 159 Å². The summed E-state index contributed by atoms with van der Waals surface area (Å²) in [6, 6.07) is 5.73. The summed E-state index contributed by atoms with van der Waals surface area (Å²) in [4.78, 5) is 69.2. The average Bonchev–Trinajstić information content (AvgIpc) is 3.27. The van der Waals surface area contributed by atoms with E-state index in [1.165, 1.54) is 25.1 Å². The van der Waals surface area contributed by atoms with Gasteiger partial charge in [0.2, 0.25) is 0 Å². The van der Waals surface area contributed by atoms with Crippen LogP contribution in [0, 0.1) is 12.3 Å². The highest BCUT2D eigenvalue weighted by molar-refractivity contribution is 5.96. The van der Waals surface area contributed by atoms with Gasteiger partial charge in [-0.3, -0.25) is 23.7 Å². The van der Waals surface area contributed by atoms with Crippen LogP contribution in [0.15, 0.2) is 35.4 Å². The first-order valence-electron chi connectivity index (χ1n) is 13.1. The molecule has 41 heavy (non-hydrogen) atoms. The second kappa shape index (κ2) is 13.2. The van der Waals surface area contributed by atoms with Gasteiger partial charge in [0.15, 0.2) is 0 Å². The average molecular weight is 569 g/mol. The lowest BCUT2D eigenvalue weighted by molar-refractivity contribution is -0.154. The number of aromatic nitrogens is 3.